The number of hydrogen-bond donors (Lipinski definition) is 3. The van der Waals surface area contributed by atoms with Gasteiger partial charge in [0.2, 0.25) is 0 Å². The Morgan fingerprint density at radius 2 is 1.72 bits per heavy atom. The lowest BCUT2D eigenvalue weighted by molar-refractivity contribution is 0.0697. The van der Waals surface area contributed by atoms with Crippen LogP contribution in [-0.2, 0) is 19.4 Å². The van der Waals surface area contributed by atoms with Gasteiger partial charge in [0.25, 0.3) is 5.91 Å². The van der Waals surface area contributed by atoms with Gasteiger partial charge in [-0.2, -0.15) is 12.6 Å². The molecule has 0 saturated heterocycles. The molecule has 4 aromatic carbocycles. The summed E-state index contributed by atoms with van der Waals surface area (Å²) in [4.78, 5) is 30.2. The van der Waals surface area contributed by atoms with Gasteiger partial charge in [-0.3, -0.25) is 4.79 Å². The van der Waals surface area contributed by atoms with E-state index in [2.05, 4.69) is 41.6 Å². The third-order valence-electron chi connectivity index (χ3n) is 7.56. The van der Waals surface area contributed by atoms with Crippen LogP contribution in [-0.4, -0.2) is 38.3 Å². The highest BCUT2D eigenvalue weighted by Crippen LogP contribution is 2.32. The number of rotatable bonds is 11. The van der Waals surface area contributed by atoms with Crippen LogP contribution in [0, 0.1) is 6.92 Å². The lowest BCUT2D eigenvalue weighted by atomic mass is 9.98. The predicted octanol–water partition coefficient (Wildman–Crippen LogP) is 7.64. The molecule has 0 saturated carbocycles. The van der Waals surface area contributed by atoms with E-state index in [4.69, 9.17) is 16.6 Å². The second-order valence-corrected chi connectivity index (χ2v) is 11.5. The molecule has 5 rings (SSSR count). The third kappa shape index (κ3) is 6.79. The molecule has 0 bridgehead atoms. The molecule has 1 amide bonds. The minimum Gasteiger partial charge on any atom is -0.478 e. The van der Waals surface area contributed by atoms with Crippen molar-refractivity contribution in [3.05, 3.63) is 124 Å². The van der Waals surface area contributed by atoms with Crippen molar-refractivity contribution in [1.82, 2.24) is 14.9 Å². The minimum absolute atomic E-state index is 0.110. The normalized spacial score (nSPS) is 11.9. The van der Waals surface area contributed by atoms with Crippen LogP contribution in [0.5, 0.6) is 0 Å². The minimum atomic E-state index is -0.999. The summed E-state index contributed by atoms with van der Waals surface area (Å²) in [5.74, 6) is 0.315. The fourth-order valence-electron chi connectivity index (χ4n) is 5.45. The molecule has 0 spiro atoms. The van der Waals surface area contributed by atoms with Gasteiger partial charge >= 0.3 is 5.97 Å². The number of fused-ring (bicyclic) bond motifs is 1. The maximum Gasteiger partial charge on any atom is 0.336 e. The molecule has 43 heavy (non-hydrogen) atoms. The van der Waals surface area contributed by atoms with Crippen LogP contribution in [0.4, 0.5) is 0 Å². The van der Waals surface area contributed by atoms with Gasteiger partial charge in [-0.05, 0) is 66.3 Å². The number of nitrogens with one attached hydrogen (secondary N) is 1. The smallest absolute Gasteiger partial charge is 0.336 e. The first-order chi connectivity index (χ1) is 20.8. The summed E-state index contributed by atoms with van der Waals surface area (Å²) in [5.41, 5.74) is 6.80. The van der Waals surface area contributed by atoms with Crippen LogP contribution in [0.1, 0.15) is 56.6 Å². The van der Waals surface area contributed by atoms with E-state index in [1.807, 2.05) is 55.5 Å². The number of carbonyl (C=O) groups is 2. The zero-order chi connectivity index (χ0) is 30.5. The van der Waals surface area contributed by atoms with Crippen LogP contribution >= 0.6 is 24.2 Å². The molecule has 2 N–H and O–H groups in total. The standard InChI is InChI=1S/C35H34ClN3O3S/c1-3-9-32-38-33-22(2)16-25(34(40)37-26(21-43)17-23-10-5-4-6-11-23)19-31(33)39(32)20-24-14-15-28(30(36)18-24)27-12-7-8-13-29(27)35(41)42/h4-8,10-16,18-19,26,43H,3,9,17,20-21H2,1-2H3,(H,37,40)(H,41,42)/t26-/m1/s1. The van der Waals surface area contributed by atoms with E-state index < -0.39 is 5.97 Å². The van der Waals surface area contributed by atoms with E-state index in [-0.39, 0.29) is 17.5 Å². The predicted molar refractivity (Wildman–Crippen MR) is 177 cm³/mol. The Morgan fingerprint density at radius 3 is 2.42 bits per heavy atom. The molecular formula is C35H34ClN3O3S. The van der Waals surface area contributed by atoms with Crippen molar-refractivity contribution in [2.24, 2.45) is 0 Å². The number of thiol groups is 1. The van der Waals surface area contributed by atoms with Crippen molar-refractivity contribution in [2.75, 3.05) is 5.75 Å². The first-order valence-electron chi connectivity index (χ1n) is 14.4. The van der Waals surface area contributed by atoms with Crippen LogP contribution in [0.15, 0.2) is 84.9 Å². The van der Waals surface area contributed by atoms with Crippen molar-refractivity contribution in [2.45, 2.75) is 45.7 Å². The lowest BCUT2D eigenvalue weighted by Gasteiger charge is -2.17. The number of aromatic nitrogens is 2. The fraction of sp³-hybridized carbons (Fsp3) is 0.229. The highest BCUT2D eigenvalue weighted by Gasteiger charge is 2.19. The second kappa shape index (κ2) is 13.5. The number of amides is 1. The molecule has 0 aliphatic carbocycles. The second-order valence-electron chi connectivity index (χ2n) is 10.7. The lowest BCUT2D eigenvalue weighted by Crippen LogP contribution is -2.37. The molecule has 6 nitrogen and oxygen atoms in total. The molecule has 0 aliphatic rings. The monoisotopic (exact) mass is 611 g/mol. The zero-order valence-corrected chi connectivity index (χ0v) is 25.8. The Balaban J connectivity index is 1.47. The van der Waals surface area contributed by atoms with E-state index in [9.17, 15) is 14.7 Å². The number of carbonyl (C=O) groups excluding carboxylic acids is 1. The third-order valence-corrected chi connectivity index (χ3v) is 8.32. The average molecular weight is 612 g/mol. The van der Waals surface area contributed by atoms with E-state index in [1.54, 1.807) is 24.3 Å². The number of carboxylic acid groups (broad SMARTS) is 1. The Hall–Kier alpha value is -4.07. The molecule has 0 fully saturated rings. The molecule has 0 unspecified atom stereocenters. The van der Waals surface area contributed by atoms with Gasteiger partial charge in [0, 0.05) is 40.9 Å². The Morgan fingerprint density at radius 1 is 0.977 bits per heavy atom. The molecule has 1 atom stereocenters. The largest absolute Gasteiger partial charge is 0.478 e. The van der Waals surface area contributed by atoms with E-state index >= 15 is 0 Å². The Kier molecular flexibility index (Phi) is 9.53. The molecular weight excluding hydrogens is 578 g/mol. The number of imidazole rings is 1. The number of carboxylic acids is 1. The summed E-state index contributed by atoms with van der Waals surface area (Å²) in [7, 11) is 0. The summed E-state index contributed by atoms with van der Waals surface area (Å²) < 4.78 is 2.15. The molecule has 8 heteroatoms. The van der Waals surface area contributed by atoms with Crippen LogP contribution in [0.3, 0.4) is 0 Å². The van der Waals surface area contributed by atoms with Gasteiger partial charge in [0.1, 0.15) is 5.82 Å². The number of nitrogens with zero attached hydrogens (tertiary/aromatic N) is 2. The number of halogens is 1. The van der Waals surface area contributed by atoms with Crippen molar-refractivity contribution < 1.29 is 14.7 Å². The highest BCUT2D eigenvalue weighted by atomic mass is 35.5. The van der Waals surface area contributed by atoms with Crippen molar-refractivity contribution in [1.29, 1.82) is 0 Å². The molecule has 0 aliphatic heterocycles. The highest BCUT2D eigenvalue weighted by molar-refractivity contribution is 7.80. The number of benzene rings is 4. The SMILES string of the molecule is CCCc1nc2c(C)cc(C(=O)N[C@@H](CS)Cc3ccccc3)cc2n1Cc1ccc(-c2ccccc2C(=O)O)c(Cl)c1. The Labute approximate surface area is 262 Å². The topological polar surface area (TPSA) is 84.2 Å². The number of aryl methyl sites for hydroxylation is 2. The van der Waals surface area contributed by atoms with Crippen LogP contribution in [0.2, 0.25) is 5.02 Å². The maximum atomic E-state index is 13.5. The van der Waals surface area contributed by atoms with E-state index in [0.717, 1.165) is 46.4 Å². The number of aromatic carboxylic acids is 1. The van der Waals surface area contributed by atoms with E-state index in [0.29, 0.717) is 40.4 Å². The van der Waals surface area contributed by atoms with Crippen LogP contribution < -0.4 is 5.32 Å². The number of hydrogen-bond acceptors (Lipinski definition) is 4. The molecule has 5 aromatic rings. The van der Waals surface area contributed by atoms with E-state index in [1.165, 1.54) is 0 Å². The fourth-order valence-corrected chi connectivity index (χ4v) is 5.98. The zero-order valence-electron chi connectivity index (χ0n) is 24.2. The van der Waals surface area contributed by atoms with Gasteiger partial charge in [0.05, 0.1) is 16.6 Å². The summed E-state index contributed by atoms with van der Waals surface area (Å²) >= 11 is 11.2. The quantitative estimate of drug-likeness (QED) is 0.134. The van der Waals surface area contributed by atoms with Crippen LogP contribution in [0.25, 0.3) is 22.2 Å². The summed E-state index contributed by atoms with van der Waals surface area (Å²) in [6.07, 6.45) is 2.40. The van der Waals surface area contributed by atoms with Crippen molar-refractivity contribution >= 4 is 47.1 Å². The summed E-state index contributed by atoms with van der Waals surface area (Å²) in [6.45, 7) is 4.60. The van der Waals surface area contributed by atoms with Gasteiger partial charge < -0.3 is 15.0 Å². The first-order valence-corrected chi connectivity index (χ1v) is 15.4. The van der Waals surface area contributed by atoms with Gasteiger partial charge in [-0.25, -0.2) is 9.78 Å². The van der Waals surface area contributed by atoms with Gasteiger partial charge in [-0.15, -0.1) is 0 Å². The molecule has 1 aromatic heterocycles. The maximum absolute atomic E-state index is 13.5. The van der Waals surface area contributed by atoms with Gasteiger partial charge in [0.15, 0.2) is 0 Å². The molecule has 1 heterocycles. The summed E-state index contributed by atoms with van der Waals surface area (Å²) in [6, 6.07) is 26.3. The molecule has 220 valence electrons. The molecule has 0 radical (unpaired) electrons. The van der Waals surface area contributed by atoms with Crippen molar-refractivity contribution in [3.63, 3.8) is 0 Å². The summed E-state index contributed by atoms with van der Waals surface area (Å²) in [5, 5.41) is 13.3. The average Bonchev–Trinajstić information content (AvgIpc) is 3.34. The van der Waals surface area contributed by atoms with Crippen molar-refractivity contribution in [3.8, 4) is 11.1 Å². The Bertz CT molecular complexity index is 1780. The first kappa shape index (κ1) is 30.4. The van der Waals surface area contributed by atoms with Gasteiger partial charge in [-0.1, -0.05) is 79.2 Å².